The van der Waals surface area contributed by atoms with Gasteiger partial charge in [-0.15, -0.1) is 0 Å². The Bertz CT molecular complexity index is 899. The summed E-state index contributed by atoms with van der Waals surface area (Å²) in [5.74, 6) is 0.122. The second kappa shape index (κ2) is 6.63. The molecule has 0 radical (unpaired) electrons. The Morgan fingerprint density at radius 3 is 2.80 bits per heavy atom. The molecular formula is C19H19FN4O. The third-order valence-electron chi connectivity index (χ3n) is 4.83. The lowest BCUT2D eigenvalue weighted by molar-refractivity contribution is -0.131. The van der Waals surface area contributed by atoms with Crippen molar-refractivity contribution in [3.8, 4) is 0 Å². The third kappa shape index (κ3) is 3.24. The minimum atomic E-state index is -0.301. The van der Waals surface area contributed by atoms with E-state index in [2.05, 4.69) is 10.1 Å². The van der Waals surface area contributed by atoms with Crippen LogP contribution in [0.3, 0.4) is 0 Å². The highest BCUT2D eigenvalue weighted by Crippen LogP contribution is 2.28. The van der Waals surface area contributed by atoms with E-state index in [1.54, 1.807) is 18.3 Å². The Labute approximate surface area is 145 Å². The molecule has 128 valence electrons. The van der Waals surface area contributed by atoms with Crippen molar-refractivity contribution in [3.05, 3.63) is 65.9 Å². The average molecular weight is 338 g/mol. The van der Waals surface area contributed by atoms with Crippen LogP contribution in [-0.4, -0.2) is 38.5 Å². The van der Waals surface area contributed by atoms with Crippen molar-refractivity contribution in [2.45, 2.75) is 25.2 Å². The maximum atomic E-state index is 13.3. The summed E-state index contributed by atoms with van der Waals surface area (Å²) >= 11 is 0. The van der Waals surface area contributed by atoms with Crippen molar-refractivity contribution in [1.29, 1.82) is 0 Å². The largest absolute Gasteiger partial charge is 0.342 e. The van der Waals surface area contributed by atoms with E-state index in [1.807, 2.05) is 27.7 Å². The third-order valence-corrected chi connectivity index (χ3v) is 4.83. The van der Waals surface area contributed by atoms with Crippen molar-refractivity contribution in [3.63, 3.8) is 0 Å². The van der Waals surface area contributed by atoms with E-state index >= 15 is 0 Å². The number of likely N-dealkylation sites (tertiary alicyclic amines) is 1. The summed E-state index contributed by atoms with van der Waals surface area (Å²) in [6, 6.07) is 10.2. The van der Waals surface area contributed by atoms with E-state index in [9.17, 15) is 9.18 Å². The predicted molar refractivity (Wildman–Crippen MR) is 91.6 cm³/mol. The SMILES string of the molecule is O=C(Cc1cccc(F)c1)N1CCC(c2ccnc3ccnn23)CC1. The molecular weight excluding hydrogens is 319 g/mol. The summed E-state index contributed by atoms with van der Waals surface area (Å²) in [5.41, 5.74) is 2.72. The monoisotopic (exact) mass is 338 g/mol. The van der Waals surface area contributed by atoms with Crippen molar-refractivity contribution in [2.24, 2.45) is 0 Å². The van der Waals surface area contributed by atoms with Crippen molar-refractivity contribution in [2.75, 3.05) is 13.1 Å². The second-order valence-corrected chi connectivity index (χ2v) is 6.43. The quantitative estimate of drug-likeness (QED) is 0.738. The Morgan fingerprint density at radius 2 is 2.00 bits per heavy atom. The van der Waals surface area contributed by atoms with Crippen LogP contribution in [0.5, 0.6) is 0 Å². The van der Waals surface area contributed by atoms with Crippen LogP contribution in [0.1, 0.15) is 30.0 Å². The second-order valence-electron chi connectivity index (χ2n) is 6.43. The van der Waals surface area contributed by atoms with Gasteiger partial charge in [0.15, 0.2) is 5.65 Å². The highest BCUT2D eigenvalue weighted by Gasteiger charge is 2.25. The molecule has 0 saturated carbocycles. The van der Waals surface area contributed by atoms with E-state index < -0.39 is 0 Å². The molecule has 0 spiro atoms. The van der Waals surface area contributed by atoms with Gasteiger partial charge in [-0.2, -0.15) is 5.10 Å². The molecule has 1 saturated heterocycles. The van der Waals surface area contributed by atoms with Gasteiger partial charge in [-0.05, 0) is 36.6 Å². The Morgan fingerprint density at radius 1 is 1.16 bits per heavy atom. The summed E-state index contributed by atoms with van der Waals surface area (Å²) < 4.78 is 15.1. The van der Waals surface area contributed by atoms with Crippen LogP contribution in [0.15, 0.2) is 48.8 Å². The summed E-state index contributed by atoms with van der Waals surface area (Å²) in [6.45, 7) is 1.42. The van der Waals surface area contributed by atoms with Crippen LogP contribution in [0.25, 0.3) is 5.65 Å². The molecule has 0 N–H and O–H groups in total. The Hall–Kier alpha value is -2.76. The van der Waals surface area contributed by atoms with Crippen molar-refractivity contribution < 1.29 is 9.18 Å². The minimum Gasteiger partial charge on any atom is -0.342 e. The predicted octanol–water partition coefficient (Wildman–Crippen LogP) is 2.82. The number of hydrogen-bond donors (Lipinski definition) is 0. The topological polar surface area (TPSA) is 50.5 Å². The van der Waals surface area contributed by atoms with Gasteiger partial charge in [0.05, 0.1) is 12.6 Å². The number of carbonyl (C=O) groups is 1. The molecule has 1 aromatic carbocycles. The number of carbonyl (C=O) groups excluding carboxylic acids is 1. The van der Waals surface area contributed by atoms with Crippen LogP contribution < -0.4 is 0 Å². The Kier molecular flexibility index (Phi) is 4.17. The first-order valence-electron chi connectivity index (χ1n) is 8.51. The molecule has 2 aromatic heterocycles. The fraction of sp³-hybridized carbons (Fsp3) is 0.316. The van der Waals surface area contributed by atoms with Crippen molar-refractivity contribution >= 4 is 11.6 Å². The van der Waals surface area contributed by atoms with Gasteiger partial charge in [0.1, 0.15) is 5.82 Å². The average Bonchev–Trinajstić information content (AvgIpc) is 3.10. The van der Waals surface area contributed by atoms with E-state index in [0.29, 0.717) is 19.0 Å². The van der Waals surface area contributed by atoms with Gasteiger partial charge in [-0.1, -0.05) is 12.1 Å². The van der Waals surface area contributed by atoms with Crippen LogP contribution >= 0.6 is 0 Å². The fourth-order valence-electron chi connectivity index (χ4n) is 3.52. The molecule has 1 amide bonds. The van der Waals surface area contributed by atoms with Gasteiger partial charge in [0, 0.05) is 37.0 Å². The van der Waals surface area contributed by atoms with E-state index in [0.717, 1.165) is 29.7 Å². The molecule has 0 bridgehead atoms. The molecule has 5 nitrogen and oxygen atoms in total. The number of fused-ring (bicyclic) bond motifs is 1. The normalized spacial score (nSPS) is 15.6. The smallest absolute Gasteiger partial charge is 0.226 e. The lowest BCUT2D eigenvalue weighted by Crippen LogP contribution is -2.39. The highest BCUT2D eigenvalue weighted by atomic mass is 19.1. The van der Waals surface area contributed by atoms with Crippen LogP contribution in [0.2, 0.25) is 0 Å². The molecule has 4 rings (SSSR count). The van der Waals surface area contributed by atoms with Crippen molar-refractivity contribution in [1.82, 2.24) is 19.5 Å². The zero-order valence-corrected chi connectivity index (χ0v) is 13.8. The number of amides is 1. The maximum absolute atomic E-state index is 13.3. The molecule has 0 aliphatic carbocycles. The highest BCUT2D eigenvalue weighted by molar-refractivity contribution is 5.78. The van der Waals surface area contributed by atoms with Crippen LogP contribution in [0.4, 0.5) is 4.39 Å². The number of hydrogen-bond acceptors (Lipinski definition) is 3. The number of rotatable bonds is 3. The number of piperidine rings is 1. The number of benzene rings is 1. The molecule has 6 heteroatoms. The van der Waals surface area contributed by atoms with Gasteiger partial charge in [0.2, 0.25) is 5.91 Å². The first-order valence-corrected chi connectivity index (χ1v) is 8.51. The number of nitrogens with zero attached hydrogens (tertiary/aromatic N) is 4. The molecule has 1 fully saturated rings. The summed E-state index contributed by atoms with van der Waals surface area (Å²) in [5, 5.41) is 4.35. The summed E-state index contributed by atoms with van der Waals surface area (Å²) in [4.78, 5) is 18.6. The van der Waals surface area contributed by atoms with E-state index in [-0.39, 0.29) is 18.1 Å². The summed E-state index contributed by atoms with van der Waals surface area (Å²) in [6.07, 6.45) is 5.61. The summed E-state index contributed by atoms with van der Waals surface area (Å²) in [7, 11) is 0. The molecule has 25 heavy (non-hydrogen) atoms. The molecule has 0 unspecified atom stereocenters. The van der Waals surface area contributed by atoms with Crippen LogP contribution in [-0.2, 0) is 11.2 Å². The van der Waals surface area contributed by atoms with Crippen LogP contribution in [0, 0.1) is 5.82 Å². The minimum absolute atomic E-state index is 0.0583. The van der Waals surface area contributed by atoms with Gasteiger partial charge in [-0.3, -0.25) is 4.79 Å². The fourth-order valence-corrected chi connectivity index (χ4v) is 3.52. The van der Waals surface area contributed by atoms with Gasteiger partial charge in [0.25, 0.3) is 0 Å². The van der Waals surface area contributed by atoms with Gasteiger partial charge in [-0.25, -0.2) is 13.9 Å². The molecule has 1 aliphatic heterocycles. The van der Waals surface area contributed by atoms with E-state index in [4.69, 9.17) is 0 Å². The maximum Gasteiger partial charge on any atom is 0.226 e. The molecule has 1 aliphatic rings. The molecule has 0 atom stereocenters. The first kappa shape index (κ1) is 15.7. The van der Waals surface area contributed by atoms with Gasteiger partial charge < -0.3 is 4.90 Å². The van der Waals surface area contributed by atoms with Gasteiger partial charge >= 0.3 is 0 Å². The molecule has 3 heterocycles. The number of aromatic nitrogens is 3. The standard InChI is InChI=1S/C19H19FN4O/c20-16-3-1-2-14(12-16)13-19(25)23-10-6-15(7-11-23)17-4-8-21-18-5-9-22-24(17)18/h1-5,8-9,12,15H,6-7,10-11,13H2. The zero-order chi connectivity index (χ0) is 17.2. The first-order chi connectivity index (χ1) is 12.2. The molecule has 3 aromatic rings. The lowest BCUT2D eigenvalue weighted by Gasteiger charge is -2.32. The number of halogens is 1. The zero-order valence-electron chi connectivity index (χ0n) is 13.8. The lowest BCUT2D eigenvalue weighted by atomic mass is 9.93. The van der Waals surface area contributed by atoms with E-state index in [1.165, 1.54) is 12.1 Å². The Balaban J connectivity index is 1.41.